The molecule has 0 fully saturated rings. The lowest BCUT2D eigenvalue weighted by atomic mass is 10.0. The van der Waals surface area contributed by atoms with Crippen LogP contribution in [-0.4, -0.2) is 11.0 Å². The molecule has 1 rings (SSSR count). The van der Waals surface area contributed by atoms with Crippen LogP contribution in [0.25, 0.3) is 0 Å². The van der Waals surface area contributed by atoms with Gasteiger partial charge in [-0.05, 0) is 31.4 Å². The minimum Gasteiger partial charge on any atom is -0.368 e. The first-order valence-corrected chi connectivity index (χ1v) is 6.59. The third kappa shape index (κ3) is 5.94. The van der Waals surface area contributed by atoms with Crippen molar-refractivity contribution in [1.29, 1.82) is 0 Å². The lowest BCUT2D eigenvalue weighted by Crippen LogP contribution is -2.17. The highest BCUT2D eigenvalue weighted by Crippen LogP contribution is 2.30. The summed E-state index contributed by atoms with van der Waals surface area (Å²) < 4.78 is 37.6. The molecular formula is C14H21F3N2. The smallest absolute Gasteiger partial charge is 0.368 e. The summed E-state index contributed by atoms with van der Waals surface area (Å²) in [6.45, 7) is 6.28. The largest absolute Gasteiger partial charge is 0.416 e. The summed E-state index contributed by atoms with van der Waals surface area (Å²) in [5, 5.41) is 3.02. The Morgan fingerprint density at radius 2 is 1.89 bits per heavy atom. The topological polar surface area (TPSA) is 24.9 Å². The van der Waals surface area contributed by atoms with Gasteiger partial charge in [0, 0.05) is 12.2 Å². The fraction of sp³-hybridized carbons (Fsp3) is 0.643. The number of anilines is 1. The molecule has 0 aliphatic carbocycles. The number of halogens is 3. The van der Waals surface area contributed by atoms with E-state index in [2.05, 4.69) is 24.1 Å². The molecule has 0 aliphatic rings. The van der Waals surface area contributed by atoms with Gasteiger partial charge in [0.2, 0.25) is 0 Å². The third-order valence-electron chi connectivity index (χ3n) is 2.90. The zero-order chi connectivity index (χ0) is 14.5. The Kier molecular flexibility index (Phi) is 5.63. The standard InChI is InChI=1S/C14H21F3N2/c1-10(2)5-4-6-11(3)19-13-9-12(7-8-18-13)14(15,16)17/h7-11H,4-6H2,1-3H3,(H,18,19). The average Bonchev–Trinajstić information content (AvgIpc) is 2.27. The van der Waals surface area contributed by atoms with Gasteiger partial charge in [-0.2, -0.15) is 13.2 Å². The number of hydrogen-bond donors (Lipinski definition) is 1. The molecule has 0 saturated heterocycles. The quantitative estimate of drug-likeness (QED) is 0.811. The molecule has 1 unspecified atom stereocenters. The Hall–Kier alpha value is -1.26. The second-order valence-corrected chi connectivity index (χ2v) is 5.30. The van der Waals surface area contributed by atoms with Gasteiger partial charge in [0.15, 0.2) is 0 Å². The molecule has 0 amide bonds. The Morgan fingerprint density at radius 3 is 2.47 bits per heavy atom. The zero-order valence-corrected chi connectivity index (χ0v) is 11.6. The second kappa shape index (κ2) is 6.78. The van der Waals surface area contributed by atoms with Crippen molar-refractivity contribution in [2.75, 3.05) is 5.32 Å². The molecule has 19 heavy (non-hydrogen) atoms. The number of pyridine rings is 1. The van der Waals surface area contributed by atoms with Crippen LogP contribution in [0.15, 0.2) is 18.3 Å². The zero-order valence-electron chi connectivity index (χ0n) is 11.6. The van der Waals surface area contributed by atoms with Crippen LogP contribution >= 0.6 is 0 Å². The van der Waals surface area contributed by atoms with Gasteiger partial charge in [-0.3, -0.25) is 0 Å². The van der Waals surface area contributed by atoms with Crippen molar-refractivity contribution in [3.8, 4) is 0 Å². The van der Waals surface area contributed by atoms with Crippen LogP contribution in [0.5, 0.6) is 0 Å². The van der Waals surface area contributed by atoms with Crippen LogP contribution in [0.3, 0.4) is 0 Å². The van der Waals surface area contributed by atoms with E-state index in [9.17, 15) is 13.2 Å². The van der Waals surface area contributed by atoms with Crippen LogP contribution < -0.4 is 5.32 Å². The van der Waals surface area contributed by atoms with E-state index in [4.69, 9.17) is 0 Å². The summed E-state index contributed by atoms with van der Waals surface area (Å²) in [5.74, 6) is 0.936. The van der Waals surface area contributed by atoms with Crippen LogP contribution in [0.4, 0.5) is 19.0 Å². The Balaban J connectivity index is 2.52. The predicted molar refractivity (Wildman–Crippen MR) is 71.0 cm³/mol. The first-order valence-electron chi connectivity index (χ1n) is 6.59. The van der Waals surface area contributed by atoms with E-state index >= 15 is 0 Å². The third-order valence-corrected chi connectivity index (χ3v) is 2.90. The lowest BCUT2D eigenvalue weighted by Gasteiger charge is -2.16. The lowest BCUT2D eigenvalue weighted by molar-refractivity contribution is -0.137. The van der Waals surface area contributed by atoms with Crippen molar-refractivity contribution in [3.63, 3.8) is 0 Å². The minimum absolute atomic E-state index is 0.120. The normalized spacial score (nSPS) is 13.6. The van der Waals surface area contributed by atoms with E-state index in [1.54, 1.807) is 0 Å². The number of alkyl halides is 3. The number of nitrogens with zero attached hydrogens (tertiary/aromatic N) is 1. The van der Waals surface area contributed by atoms with Crippen molar-refractivity contribution < 1.29 is 13.2 Å². The van der Waals surface area contributed by atoms with Gasteiger partial charge in [0.25, 0.3) is 0 Å². The van der Waals surface area contributed by atoms with Crippen molar-refractivity contribution in [2.45, 2.75) is 52.3 Å². The average molecular weight is 274 g/mol. The molecule has 1 heterocycles. The summed E-state index contributed by atoms with van der Waals surface area (Å²) >= 11 is 0. The summed E-state index contributed by atoms with van der Waals surface area (Å²) in [7, 11) is 0. The van der Waals surface area contributed by atoms with E-state index in [1.165, 1.54) is 6.20 Å². The Bertz CT molecular complexity index is 389. The first-order chi connectivity index (χ1) is 8.79. The molecule has 2 nitrogen and oxygen atoms in total. The summed E-state index contributed by atoms with van der Waals surface area (Å²) in [4.78, 5) is 3.92. The monoisotopic (exact) mass is 274 g/mol. The molecule has 1 aromatic heterocycles. The molecule has 0 spiro atoms. The number of hydrogen-bond acceptors (Lipinski definition) is 2. The molecule has 108 valence electrons. The first kappa shape index (κ1) is 15.8. The minimum atomic E-state index is -4.32. The van der Waals surface area contributed by atoms with E-state index in [-0.39, 0.29) is 11.9 Å². The van der Waals surface area contributed by atoms with Crippen molar-refractivity contribution in [1.82, 2.24) is 4.98 Å². The molecule has 0 aliphatic heterocycles. The van der Waals surface area contributed by atoms with Gasteiger partial charge in [-0.15, -0.1) is 0 Å². The van der Waals surface area contributed by atoms with E-state index in [0.717, 1.165) is 31.4 Å². The van der Waals surface area contributed by atoms with Crippen molar-refractivity contribution >= 4 is 5.82 Å². The van der Waals surface area contributed by atoms with Crippen molar-refractivity contribution in [3.05, 3.63) is 23.9 Å². The van der Waals surface area contributed by atoms with Crippen LogP contribution in [0, 0.1) is 5.92 Å². The Morgan fingerprint density at radius 1 is 1.21 bits per heavy atom. The summed E-state index contributed by atoms with van der Waals surface area (Å²) in [6, 6.07) is 2.16. The van der Waals surface area contributed by atoms with Crippen LogP contribution in [0.1, 0.15) is 45.6 Å². The predicted octanol–water partition coefficient (Wildman–Crippen LogP) is 4.73. The van der Waals surface area contributed by atoms with Gasteiger partial charge in [0.05, 0.1) is 5.56 Å². The second-order valence-electron chi connectivity index (χ2n) is 5.30. The number of rotatable bonds is 6. The molecular weight excluding hydrogens is 253 g/mol. The molecule has 1 atom stereocenters. The number of nitrogens with one attached hydrogen (secondary N) is 1. The van der Waals surface area contributed by atoms with E-state index in [1.807, 2.05) is 6.92 Å². The molecule has 0 bridgehead atoms. The molecule has 5 heteroatoms. The van der Waals surface area contributed by atoms with Gasteiger partial charge >= 0.3 is 6.18 Å². The Labute approximate surface area is 112 Å². The van der Waals surface area contributed by atoms with Gasteiger partial charge in [-0.1, -0.05) is 26.7 Å². The van der Waals surface area contributed by atoms with Gasteiger partial charge in [-0.25, -0.2) is 4.98 Å². The van der Waals surface area contributed by atoms with Crippen LogP contribution in [-0.2, 0) is 6.18 Å². The molecule has 1 aromatic rings. The SMILES string of the molecule is CC(C)CCCC(C)Nc1cc(C(F)(F)F)ccn1. The molecule has 0 saturated carbocycles. The maximum absolute atomic E-state index is 12.5. The van der Waals surface area contributed by atoms with Crippen molar-refractivity contribution in [2.24, 2.45) is 5.92 Å². The summed E-state index contributed by atoms with van der Waals surface area (Å²) in [5.41, 5.74) is -0.667. The van der Waals surface area contributed by atoms with Gasteiger partial charge in [0.1, 0.15) is 5.82 Å². The molecule has 0 radical (unpaired) electrons. The van der Waals surface area contributed by atoms with Gasteiger partial charge < -0.3 is 5.32 Å². The molecule has 1 N–H and O–H groups in total. The highest BCUT2D eigenvalue weighted by molar-refractivity contribution is 5.39. The highest BCUT2D eigenvalue weighted by Gasteiger charge is 2.30. The molecule has 0 aromatic carbocycles. The van der Waals surface area contributed by atoms with E-state index < -0.39 is 11.7 Å². The number of aromatic nitrogens is 1. The maximum Gasteiger partial charge on any atom is 0.416 e. The summed E-state index contributed by atoms with van der Waals surface area (Å²) in [6.07, 6.45) is -0.0187. The fourth-order valence-corrected chi connectivity index (χ4v) is 1.84. The fourth-order valence-electron chi connectivity index (χ4n) is 1.84. The van der Waals surface area contributed by atoms with Crippen LogP contribution in [0.2, 0.25) is 0 Å². The maximum atomic E-state index is 12.5. The van der Waals surface area contributed by atoms with E-state index in [0.29, 0.717) is 5.92 Å². The highest BCUT2D eigenvalue weighted by atomic mass is 19.4.